The molecule has 7 heteroatoms. The van der Waals surface area contributed by atoms with E-state index >= 15 is 0 Å². The van der Waals surface area contributed by atoms with Gasteiger partial charge >= 0.3 is 12.0 Å². The number of carboxylic acid groups (broad SMARTS) is 1. The van der Waals surface area contributed by atoms with E-state index in [1.807, 2.05) is 5.38 Å². The van der Waals surface area contributed by atoms with Crippen molar-refractivity contribution in [2.24, 2.45) is 0 Å². The van der Waals surface area contributed by atoms with Crippen LogP contribution in [-0.2, 0) is 0 Å². The number of carbonyl (C=O) groups is 2. The number of halogens is 1. The maximum atomic E-state index is 11.7. The molecule has 2 amide bonds. The third-order valence-corrected chi connectivity index (χ3v) is 3.32. The Balaban J connectivity index is 2.10. The fourth-order valence-corrected chi connectivity index (χ4v) is 2.50. The van der Waals surface area contributed by atoms with E-state index in [0.29, 0.717) is 15.8 Å². The maximum absolute atomic E-state index is 11.7. The second-order valence-corrected chi connectivity index (χ2v) is 5.32. The Hall–Kier alpha value is -1.86. The summed E-state index contributed by atoms with van der Waals surface area (Å²) in [5.74, 6) is -1.05. The molecule has 0 saturated heterocycles. The molecule has 0 aliphatic heterocycles. The van der Waals surface area contributed by atoms with Crippen LogP contribution < -0.4 is 10.6 Å². The number of carbonyl (C=O) groups excluding carboxylic acids is 1. The minimum absolute atomic E-state index is 0.0974. The molecule has 1 heterocycles. The van der Waals surface area contributed by atoms with Crippen molar-refractivity contribution in [3.8, 4) is 0 Å². The predicted octanol–water partition coefficient (Wildman–Crippen LogP) is 3.85. The molecule has 2 aromatic rings. The highest BCUT2D eigenvalue weighted by molar-refractivity contribution is 9.10. The number of hydrogen-bond acceptors (Lipinski definition) is 3. The van der Waals surface area contributed by atoms with Gasteiger partial charge in [-0.15, -0.1) is 0 Å². The van der Waals surface area contributed by atoms with E-state index in [0.717, 1.165) is 0 Å². The molecule has 5 nitrogen and oxygen atoms in total. The number of aromatic carboxylic acids is 1. The van der Waals surface area contributed by atoms with E-state index in [-0.39, 0.29) is 5.56 Å². The molecule has 0 fully saturated rings. The van der Waals surface area contributed by atoms with Crippen LogP contribution in [0, 0.1) is 0 Å². The first-order valence-electron chi connectivity index (χ1n) is 5.18. The SMILES string of the molecule is O=C(Nc1ccsc1)Nc1cc(Br)cc(C(=O)O)c1. The average molecular weight is 341 g/mol. The van der Waals surface area contributed by atoms with Gasteiger partial charge < -0.3 is 15.7 Å². The quantitative estimate of drug-likeness (QED) is 0.793. The molecule has 0 radical (unpaired) electrons. The molecule has 0 atom stereocenters. The van der Waals surface area contributed by atoms with Crippen molar-refractivity contribution in [2.45, 2.75) is 0 Å². The lowest BCUT2D eigenvalue weighted by atomic mass is 10.2. The molecule has 1 aromatic carbocycles. The summed E-state index contributed by atoms with van der Waals surface area (Å²) in [7, 11) is 0. The molecule has 0 spiro atoms. The number of amides is 2. The van der Waals surface area contributed by atoms with Gasteiger partial charge in [0.25, 0.3) is 0 Å². The van der Waals surface area contributed by atoms with Crippen LogP contribution in [0.2, 0.25) is 0 Å². The van der Waals surface area contributed by atoms with E-state index in [2.05, 4.69) is 26.6 Å². The zero-order valence-corrected chi connectivity index (χ0v) is 11.9. The van der Waals surface area contributed by atoms with Crippen molar-refractivity contribution < 1.29 is 14.7 Å². The molecule has 0 aliphatic rings. The zero-order chi connectivity index (χ0) is 13.8. The van der Waals surface area contributed by atoms with Gasteiger partial charge in [-0.25, -0.2) is 9.59 Å². The van der Waals surface area contributed by atoms with E-state index < -0.39 is 12.0 Å². The zero-order valence-electron chi connectivity index (χ0n) is 9.51. The first-order chi connectivity index (χ1) is 9.04. The van der Waals surface area contributed by atoms with Crippen molar-refractivity contribution in [1.82, 2.24) is 0 Å². The van der Waals surface area contributed by atoms with Crippen LogP contribution in [0.25, 0.3) is 0 Å². The third-order valence-electron chi connectivity index (χ3n) is 2.18. The largest absolute Gasteiger partial charge is 0.478 e. The Bertz CT molecular complexity index is 613. The monoisotopic (exact) mass is 340 g/mol. The van der Waals surface area contributed by atoms with Crippen LogP contribution >= 0.6 is 27.3 Å². The van der Waals surface area contributed by atoms with Crippen molar-refractivity contribution >= 4 is 50.6 Å². The first kappa shape index (κ1) is 13.6. The smallest absolute Gasteiger partial charge is 0.335 e. The number of hydrogen-bond donors (Lipinski definition) is 3. The average Bonchev–Trinajstić information content (AvgIpc) is 2.80. The van der Waals surface area contributed by atoms with Crippen LogP contribution in [-0.4, -0.2) is 17.1 Å². The molecule has 0 unspecified atom stereocenters. The number of nitrogens with one attached hydrogen (secondary N) is 2. The van der Waals surface area contributed by atoms with Gasteiger partial charge in [-0.1, -0.05) is 15.9 Å². The van der Waals surface area contributed by atoms with Gasteiger partial charge in [0, 0.05) is 15.5 Å². The summed E-state index contributed by atoms with van der Waals surface area (Å²) in [5, 5.41) is 17.8. The van der Waals surface area contributed by atoms with Crippen molar-refractivity contribution in [1.29, 1.82) is 0 Å². The summed E-state index contributed by atoms with van der Waals surface area (Å²) in [5.41, 5.74) is 1.19. The summed E-state index contributed by atoms with van der Waals surface area (Å²) in [4.78, 5) is 22.6. The van der Waals surface area contributed by atoms with Gasteiger partial charge in [0.1, 0.15) is 0 Å². The molecule has 1 aromatic heterocycles. The molecule has 3 N–H and O–H groups in total. The summed E-state index contributed by atoms with van der Waals surface area (Å²) in [6.07, 6.45) is 0. The fourth-order valence-electron chi connectivity index (χ4n) is 1.41. The topological polar surface area (TPSA) is 78.4 Å². The van der Waals surface area contributed by atoms with E-state index in [1.54, 1.807) is 17.5 Å². The fraction of sp³-hybridized carbons (Fsp3) is 0. The van der Waals surface area contributed by atoms with Crippen molar-refractivity contribution in [3.05, 3.63) is 45.1 Å². The number of carboxylic acids is 1. The molecule has 0 saturated carbocycles. The second kappa shape index (κ2) is 5.85. The summed E-state index contributed by atoms with van der Waals surface area (Å²) < 4.78 is 0.582. The summed E-state index contributed by atoms with van der Waals surface area (Å²) in [6, 6.07) is 5.82. The third kappa shape index (κ3) is 3.80. The lowest BCUT2D eigenvalue weighted by Gasteiger charge is -2.07. The predicted molar refractivity (Wildman–Crippen MR) is 78.1 cm³/mol. The Morgan fingerprint density at radius 3 is 2.53 bits per heavy atom. The highest BCUT2D eigenvalue weighted by Crippen LogP contribution is 2.20. The number of urea groups is 1. The Labute approximate surface area is 121 Å². The lowest BCUT2D eigenvalue weighted by molar-refractivity contribution is 0.0697. The molecular weight excluding hydrogens is 332 g/mol. The van der Waals surface area contributed by atoms with Crippen LogP contribution in [0.3, 0.4) is 0 Å². The van der Waals surface area contributed by atoms with Crippen molar-refractivity contribution in [2.75, 3.05) is 10.6 Å². The highest BCUT2D eigenvalue weighted by atomic mass is 79.9. The maximum Gasteiger partial charge on any atom is 0.335 e. The summed E-state index contributed by atoms with van der Waals surface area (Å²) >= 11 is 4.67. The molecular formula is C12H9BrN2O3S. The lowest BCUT2D eigenvalue weighted by Crippen LogP contribution is -2.19. The molecule has 0 bridgehead atoms. The number of benzene rings is 1. The van der Waals surface area contributed by atoms with Gasteiger partial charge in [0.2, 0.25) is 0 Å². The standard InChI is InChI=1S/C12H9BrN2O3S/c13-8-3-7(11(16)17)4-10(5-8)15-12(18)14-9-1-2-19-6-9/h1-6H,(H,16,17)(H2,14,15,18). The minimum atomic E-state index is -1.05. The Kier molecular flexibility index (Phi) is 4.18. The van der Waals surface area contributed by atoms with Gasteiger partial charge in [-0.05, 0) is 29.6 Å². The Morgan fingerprint density at radius 1 is 1.16 bits per heavy atom. The van der Waals surface area contributed by atoms with Gasteiger partial charge in [-0.3, -0.25) is 0 Å². The summed E-state index contributed by atoms with van der Waals surface area (Å²) in [6.45, 7) is 0. The number of rotatable bonds is 3. The van der Waals surface area contributed by atoms with Crippen molar-refractivity contribution in [3.63, 3.8) is 0 Å². The van der Waals surface area contributed by atoms with Crippen LogP contribution in [0.4, 0.5) is 16.2 Å². The van der Waals surface area contributed by atoms with Crippen LogP contribution in [0.15, 0.2) is 39.5 Å². The minimum Gasteiger partial charge on any atom is -0.478 e. The number of anilines is 2. The molecule has 2 rings (SSSR count). The van der Waals surface area contributed by atoms with Gasteiger partial charge in [0.05, 0.1) is 11.3 Å². The molecule has 19 heavy (non-hydrogen) atoms. The van der Waals surface area contributed by atoms with Crippen LogP contribution in [0.1, 0.15) is 10.4 Å². The number of thiophene rings is 1. The molecule has 0 aliphatic carbocycles. The highest BCUT2D eigenvalue weighted by Gasteiger charge is 2.08. The van der Waals surface area contributed by atoms with E-state index in [1.165, 1.54) is 23.5 Å². The molecule has 98 valence electrons. The Morgan fingerprint density at radius 2 is 1.89 bits per heavy atom. The second-order valence-electron chi connectivity index (χ2n) is 3.62. The van der Waals surface area contributed by atoms with E-state index in [4.69, 9.17) is 5.11 Å². The van der Waals surface area contributed by atoms with E-state index in [9.17, 15) is 9.59 Å². The van der Waals surface area contributed by atoms with Crippen LogP contribution in [0.5, 0.6) is 0 Å². The first-order valence-corrected chi connectivity index (χ1v) is 6.92. The van der Waals surface area contributed by atoms with Gasteiger partial charge in [-0.2, -0.15) is 11.3 Å². The van der Waals surface area contributed by atoms with Gasteiger partial charge in [0.15, 0.2) is 0 Å². The normalized spacial score (nSPS) is 9.95.